The van der Waals surface area contributed by atoms with Gasteiger partial charge in [0.15, 0.2) is 0 Å². The molecule has 0 fully saturated rings. The Kier molecular flexibility index (Phi) is 4.92. The monoisotopic (exact) mass is 300 g/mol. The predicted octanol–water partition coefficient (Wildman–Crippen LogP) is 4.93. The molecule has 6 heteroatoms. The van der Waals surface area contributed by atoms with E-state index in [-0.39, 0.29) is 22.9 Å². The van der Waals surface area contributed by atoms with Gasteiger partial charge in [-0.25, -0.2) is 0 Å². The maximum absolute atomic E-state index is 12.0. The minimum absolute atomic E-state index is 0.0351. The van der Waals surface area contributed by atoms with Crippen LogP contribution in [0.1, 0.15) is 31.7 Å². The van der Waals surface area contributed by atoms with Gasteiger partial charge in [-0.1, -0.05) is 35.3 Å². The highest BCUT2D eigenvalue weighted by Crippen LogP contribution is 2.36. The molecule has 0 aliphatic carbocycles. The maximum Gasteiger partial charge on any atom is 0.389 e. The van der Waals surface area contributed by atoms with Crippen LogP contribution in [-0.2, 0) is 5.60 Å². The van der Waals surface area contributed by atoms with Crippen LogP contribution in [0.5, 0.6) is 0 Å². The lowest BCUT2D eigenvalue weighted by Crippen LogP contribution is -2.22. The summed E-state index contributed by atoms with van der Waals surface area (Å²) in [7, 11) is 0. The first kappa shape index (κ1) is 15.6. The van der Waals surface area contributed by atoms with E-state index in [1.807, 2.05) is 0 Å². The van der Waals surface area contributed by atoms with Crippen molar-refractivity contribution in [1.82, 2.24) is 0 Å². The molecule has 0 saturated heterocycles. The normalized spacial score (nSPS) is 15.5. The summed E-state index contributed by atoms with van der Waals surface area (Å²) in [6.45, 7) is 1.43. The van der Waals surface area contributed by atoms with Crippen molar-refractivity contribution in [3.05, 3.63) is 33.8 Å². The Bertz CT molecular complexity index is 416. The molecule has 1 nitrogen and oxygen atoms in total. The van der Waals surface area contributed by atoms with E-state index in [4.69, 9.17) is 23.2 Å². The van der Waals surface area contributed by atoms with Gasteiger partial charge in [0.05, 0.1) is 15.6 Å². The molecule has 1 aromatic rings. The van der Waals surface area contributed by atoms with E-state index in [0.29, 0.717) is 5.56 Å². The molecular weight excluding hydrogens is 288 g/mol. The van der Waals surface area contributed by atoms with Gasteiger partial charge in [0.2, 0.25) is 0 Å². The molecule has 0 aliphatic heterocycles. The Hall–Kier alpha value is -0.450. The van der Waals surface area contributed by atoms with Crippen molar-refractivity contribution in [2.45, 2.75) is 38.0 Å². The van der Waals surface area contributed by atoms with Gasteiger partial charge in [0.25, 0.3) is 0 Å². The molecule has 1 rings (SSSR count). The van der Waals surface area contributed by atoms with Crippen molar-refractivity contribution in [3.8, 4) is 0 Å². The van der Waals surface area contributed by atoms with E-state index in [9.17, 15) is 18.3 Å². The summed E-state index contributed by atoms with van der Waals surface area (Å²) in [4.78, 5) is 0. The van der Waals surface area contributed by atoms with Crippen molar-refractivity contribution >= 4 is 23.2 Å². The van der Waals surface area contributed by atoms with Crippen LogP contribution in [0.3, 0.4) is 0 Å². The van der Waals surface area contributed by atoms with Crippen molar-refractivity contribution in [3.63, 3.8) is 0 Å². The van der Waals surface area contributed by atoms with Crippen LogP contribution < -0.4 is 0 Å². The summed E-state index contributed by atoms with van der Waals surface area (Å²) in [5.74, 6) is 0. The molecule has 0 saturated carbocycles. The molecule has 0 amide bonds. The lowest BCUT2D eigenvalue weighted by molar-refractivity contribution is -0.137. The van der Waals surface area contributed by atoms with E-state index in [0.717, 1.165) is 0 Å². The van der Waals surface area contributed by atoms with Gasteiger partial charge < -0.3 is 5.11 Å². The summed E-state index contributed by atoms with van der Waals surface area (Å²) in [5, 5.41) is 10.6. The third-order valence-electron chi connectivity index (χ3n) is 2.66. The average molecular weight is 301 g/mol. The molecule has 0 aliphatic rings. The lowest BCUT2D eigenvalue weighted by atomic mass is 9.90. The lowest BCUT2D eigenvalue weighted by Gasteiger charge is -2.25. The fourth-order valence-electron chi connectivity index (χ4n) is 1.69. The number of rotatable bonds is 4. The Morgan fingerprint density at radius 1 is 1.17 bits per heavy atom. The van der Waals surface area contributed by atoms with Gasteiger partial charge >= 0.3 is 6.18 Å². The molecule has 1 unspecified atom stereocenters. The zero-order valence-electron chi connectivity index (χ0n) is 9.69. The van der Waals surface area contributed by atoms with Gasteiger partial charge in [-0.15, -0.1) is 0 Å². The summed E-state index contributed by atoms with van der Waals surface area (Å²) in [6, 6.07) is 4.71. The maximum atomic E-state index is 12.0. The van der Waals surface area contributed by atoms with E-state index in [1.165, 1.54) is 6.92 Å². The number of halogens is 5. The molecule has 18 heavy (non-hydrogen) atoms. The van der Waals surface area contributed by atoms with Gasteiger partial charge in [-0.3, -0.25) is 0 Å². The van der Waals surface area contributed by atoms with Crippen LogP contribution in [0, 0.1) is 0 Å². The Labute approximate surface area is 114 Å². The molecular formula is C12H13Cl2F3O. The van der Waals surface area contributed by atoms with Crippen LogP contribution in [0.25, 0.3) is 0 Å². The second-order valence-corrected chi connectivity index (χ2v) is 5.13. The minimum atomic E-state index is -4.21. The summed E-state index contributed by atoms with van der Waals surface area (Å²) >= 11 is 11.7. The molecule has 0 heterocycles. The SMILES string of the molecule is CC(O)(CCCC(F)(F)F)c1cccc(Cl)c1Cl. The van der Waals surface area contributed by atoms with Crippen molar-refractivity contribution < 1.29 is 18.3 Å². The Morgan fingerprint density at radius 3 is 2.33 bits per heavy atom. The van der Waals surface area contributed by atoms with E-state index in [2.05, 4.69) is 0 Å². The van der Waals surface area contributed by atoms with Crippen molar-refractivity contribution in [2.75, 3.05) is 0 Å². The molecule has 0 bridgehead atoms. The zero-order valence-corrected chi connectivity index (χ0v) is 11.2. The first-order chi connectivity index (χ1) is 8.13. The largest absolute Gasteiger partial charge is 0.389 e. The molecule has 0 spiro atoms. The quantitative estimate of drug-likeness (QED) is 0.835. The Balaban J connectivity index is 2.77. The first-order valence-corrected chi connectivity index (χ1v) is 6.13. The number of hydrogen-bond acceptors (Lipinski definition) is 1. The number of aliphatic hydroxyl groups is 1. The van der Waals surface area contributed by atoms with Crippen molar-refractivity contribution in [2.24, 2.45) is 0 Å². The summed E-state index contributed by atoms with van der Waals surface area (Å²) < 4.78 is 36.1. The van der Waals surface area contributed by atoms with E-state index in [1.54, 1.807) is 18.2 Å². The van der Waals surface area contributed by atoms with Gasteiger partial charge in [-0.05, 0) is 25.8 Å². The summed E-state index contributed by atoms with van der Waals surface area (Å²) in [5.41, 5.74) is -1.08. The second-order valence-electron chi connectivity index (χ2n) is 4.34. The predicted molar refractivity (Wildman–Crippen MR) is 65.9 cm³/mol. The van der Waals surface area contributed by atoms with Crippen LogP contribution in [-0.4, -0.2) is 11.3 Å². The zero-order chi connectivity index (χ0) is 14.0. The highest BCUT2D eigenvalue weighted by molar-refractivity contribution is 6.42. The topological polar surface area (TPSA) is 20.2 Å². The third kappa shape index (κ3) is 4.34. The third-order valence-corrected chi connectivity index (χ3v) is 3.47. The fraction of sp³-hybridized carbons (Fsp3) is 0.500. The van der Waals surface area contributed by atoms with Crippen LogP contribution >= 0.6 is 23.2 Å². The average Bonchev–Trinajstić information content (AvgIpc) is 2.19. The van der Waals surface area contributed by atoms with E-state index >= 15 is 0 Å². The van der Waals surface area contributed by atoms with Gasteiger partial charge in [0, 0.05) is 12.0 Å². The molecule has 0 radical (unpaired) electrons. The standard InChI is InChI=1S/C12H13Cl2F3O/c1-11(18,6-3-7-12(15,16)17)8-4-2-5-9(13)10(8)14/h2,4-5,18H,3,6-7H2,1H3. The Morgan fingerprint density at radius 2 is 1.78 bits per heavy atom. The van der Waals surface area contributed by atoms with Crippen LogP contribution in [0.15, 0.2) is 18.2 Å². The van der Waals surface area contributed by atoms with Gasteiger partial charge in [-0.2, -0.15) is 13.2 Å². The van der Waals surface area contributed by atoms with Gasteiger partial charge in [0.1, 0.15) is 0 Å². The highest BCUT2D eigenvalue weighted by Gasteiger charge is 2.31. The molecule has 1 aromatic carbocycles. The summed E-state index contributed by atoms with van der Waals surface area (Å²) in [6.07, 6.45) is -5.35. The molecule has 1 atom stereocenters. The molecule has 1 N–H and O–H groups in total. The van der Waals surface area contributed by atoms with Crippen LogP contribution in [0.2, 0.25) is 10.0 Å². The minimum Gasteiger partial charge on any atom is -0.385 e. The number of benzene rings is 1. The molecule has 0 aromatic heterocycles. The fourth-order valence-corrected chi connectivity index (χ4v) is 2.19. The molecule has 102 valence electrons. The van der Waals surface area contributed by atoms with E-state index < -0.39 is 18.2 Å². The second kappa shape index (κ2) is 5.68. The van der Waals surface area contributed by atoms with Crippen molar-refractivity contribution in [1.29, 1.82) is 0 Å². The highest BCUT2D eigenvalue weighted by atomic mass is 35.5. The number of hydrogen-bond donors (Lipinski definition) is 1. The van der Waals surface area contributed by atoms with Crippen LogP contribution in [0.4, 0.5) is 13.2 Å². The smallest absolute Gasteiger partial charge is 0.385 e. The first-order valence-electron chi connectivity index (χ1n) is 5.37. The number of alkyl halides is 3.